The minimum absolute atomic E-state index is 0.0114. The predicted octanol–water partition coefficient (Wildman–Crippen LogP) is 7.52. The first-order chi connectivity index (χ1) is 15.9. The number of pyridine rings is 1. The van der Waals surface area contributed by atoms with Crippen molar-refractivity contribution < 1.29 is 32.2 Å². The van der Waals surface area contributed by atoms with E-state index in [1.165, 1.54) is 12.1 Å². The molecule has 4 nitrogen and oxygen atoms in total. The zero-order valence-corrected chi connectivity index (χ0v) is 19.7. The van der Waals surface area contributed by atoms with Crippen LogP contribution in [0.2, 0.25) is 0 Å². The molecule has 2 aromatic rings. The van der Waals surface area contributed by atoms with Crippen molar-refractivity contribution in [3.8, 4) is 11.6 Å². The van der Waals surface area contributed by atoms with Crippen molar-refractivity contribution in [3.63, 3.8) is 0 Å². The maximum Gasteiger partial charge on any atom is 0.417 e. The van der Waals surface area contributed by atoms with Crippen molar-refractivity contribution in [3.05, 3.63) is 58.7 Å². The van der Waals surface area contributed by atoms with Gasteiger partial charge in [-0.25, -0.2) is 9.37 Å². The van der Waals surface area contributed by atoms with E-state index in [1.807, 2.05) is 27.7 Å². The average Bonchev–Trinajstić information content (AvgIpc) is 2.80. The SMILES string of the molecule is CCc1ccc(Oc2ncc(C(F)(F)F)cc2F)cc1/C1=C(\O)C(C)[C@@H](C)CC[C@@H](C)CC1=O. The number of carbonyl (C=O) groups excluding carboxylic acids is 1. The fraction of sp³-hybridized carbons (Fsp3) is 0.462. The molecule has 0 spiro atoms. The Hall–Kier alpha value is -2.90. The van der Waals surface area contributed by atoms with Crippen molar-refractivity contribution in [1.29, 1.82) is 0 Å². The molecular formula is C26H29F4NO3. The number of aromatic nitrogens is 1. The van der Waals surface area contributed by atoms with E-state index in [4.69, 9.17) is 4.74 Å². The van der Waals surface area contributed by atoms with Gasteiger partial charge in [-0.05, 0) is 60.4 Å². The minimum atomic E-state index is -4.73. The van der Waals surface area contributed by atoms with Crippen molar-refractivity contribution in [2.24, 2.45) is 17.8 Å². The third-order valence-electron chi connectivity index (χ3n) is 6.55. The van der Waals surface area contributed by atoms with Crippen molar-refractivity contribution in [2.75, 3.05) is 0 Å². The second-order valence-corrected chi connectivity index (χ2v) is 9.12. The van der Waals surface area contributed by atoms with Crippen molar-refractivity contribution in [2.45, 2.75) is 59.6 Å². The lowest BCUT2D eigenvalue weighted by Crippen LogP contribution is -2.15. The number of alkyl halides is 3. The zero-order valence-electron chi connectivity index (χ0n) is 19.7. The number of benzene rings is 1. The number of carbonyl (C=O) groups is 1. The van der Waals surface area contributed by atoms with Crippen LogP contribution in [0.25, 0.3) is 5.57 Å². The number of hydrogen-bond acceptors (Lipinski definition) is 4. The molecule has 1 aromatic carbocycles. The topological polar surface area (TPSA) is 59.4 Å². The van der Waals surface area contributed by atoms with Crippen LogP contribution in [0.3, 0.4) is 0 Å². The molecule has 184 valence electrons. The van der Waals surface area contributed by atoms with Gasteiger partial charge in [-0.2, -0.15) is 13.2 Å². The maximum atomic E-state index is 14.3. The number of aryl methyl sites for hydroxylation is 1. The van der Waals surface area contributed by atoms with E-state index in [-0.39, 0.29) is 47.0 Å². The van der Waals surface area contributed by atoms with Gasteiger partial charge < -0.3 is 9.84 Å². The summed E-state index contributed by atoms with van der Waals surface area (Å²) in [6.45, 7) is 7.84. The highest BCUT2D eigenvalue weighted by Gasteiger charge is 2.32. The Balaban J connectivity index is 2.06. The normalized spacial score (nSPS) is 24.4. The molecule has 1 aromatic heterocycles. The largest absolute Gasteiger partial charge is 0.511 e. The smallest absolute Gasteiger partial charge is 0.417 e. The standard InChI is InChI=1S/C26H29F4NO3/c1-5-17-8-9-19(34-25-21(27)11-18(13-31-25)26(28,29)30)12-20(17)23-22(32)10-14(2)6-7-15(3)16(4)24(23)33/h8-9,11-16,33H,5-7,10H2,1-4H3/b24-23+/t14-,15+,16?/m1/s1. The Labute approximate surface area is 196 Å². The lowest BCUT2D eigenvalue weighted by Gasteiger charge is -2.21. The molecule has 0 radical (unpaired) electrons. The first-order valence-electron chi connectivity index (χ1n) is 11.4. The van der Waals surface area contributed by atoms with Crippen LogP contribution in [0, 0.1) is 23.6 Å². The second-order valence-electron chi connectivity index (χ2n) is 9.12. The number of nitrogens with zero attached hydrogens (tertiary/aromatic N) is 1. The predicted molar refractivity (Wildman–Crippen MR) is 121 cm³/mol. The molecular weight excluding hydrogens is 450 g/mol. The molecule has 0 saturated heterocycles. The summed E-state index contributed by atoms with van der Waals surface area (Å²) in [6, 6.07) is 5.07. The number of halogens is 4. The van der Waals surface area contributed by atoms with Gasteiger partial charge >= 0.3 is 6.18 Å². The molecule has 0 aliphatic heterocycles. The third-order valence-corrected chi connectivity index (χ3v) is 6.55. The van der Waals surface area contributed by atoms with E-state index < -0.39 is 23.4 Å². The van der Waals surface area contributed by atoms with Gasteiger partial charge in [-0.15, -0.1) is 0 Å². The Bertz CT molecular complexity index is 1090. The highest BCUT2D eigenvalue weighted by atomic mass is 19.4. The number of rotatable bonds is 4. The van der Waals surface area contributed by atoms with Gasteiger partial charge in [0.2, 0.25) is 0 Å². The van der Waals surface area contributed by atoms with Crippen LogP contribution >= 0.6 is 0 Å². The maximum absolute atomic E-state index is 14.3. The van der Waals surface area contributed by atoms with E-state index in [1.54, 1.807) is 6.07 Å². The van der Waals surface area contributed by atoms with E-state index in [2.05, 4.69) is 4.98 Å². The summed E-state index contributed by atoms with van der Waals surface area (Å²) in [5.41, 5.74) is 0.261. The average molecular weight is 480 g/mol. The summed E-state index contributed by atoms with van der Waals surface area (Å²) in [7, 11) is 0. The monoisotopic (exact) mass is 479 g/mol. The molecule has 0 fully saturated rings. The molecule has 0 bridgehead atoms. The number of aliphatic hydroxyl groups is 1. The lowest BCUT2D eigenvalue weighted by molar-refractivity contribution is -0.138. The van der Waals surface area contributed by atoms with Crippen LogP contribution in [-0.4, -0.2) is 15.9 Å². The number of aliphatic hydroxyl groups excluding tert-OH is 1. The van der Waals surface area contributed by atoms with Gasteiger partial charge in [-0.3, -0.25) is 4.79 Å². The van der Waals surface area contributed by atoms with Crippen LogP contribution in [0.5, 0.6) is 11.6 Å². The number of Topliss-reactive ketones (excluding diaryl/α,β-unsaturated/α-hetero) is 1. The summed E-state index contributed by atoms with van der Waals surface area (Å²) in [5.74, 6) is -1.87. The summed E-state index contributed by atoms with van der Waals surface area (Å²) in [5, 5.41) is 11.1. The third kappa shape index (κ3) is 5.59. The van der Waals surface area contributed by atoms with E-state index in [0.717, 1.165) is 18.4 Å². The Kier molecular flexibility index (Phi) is 7.68. The van der Waals surface area contributed by atoms with Crippen LogP contribution in [0.15, 0.2) is 36.2 Å². The van der Waals surface area contributed by atoms with Gasteiger partial charge in [0.1, 0.15) is 11.5 Å². The molecule has 1 heterocycles. The van der Waals surface area contributed by atoms with Crippen molar-refractivity contribution >= 4 is 11.4 Å². The molecule has 1 aliphatic carbocycles. The Morgan fingerprint density at radius 3 is 2.47 bits per heavy atom. The molecule has 1 N–H and O–H groups in total. The van der Waals surface area contributed by atoms with Crippen LogP contribution < -0.4 is 4.74 Å². The number of allylic oxidation sites excluding steroid dienone is 2. The Morgan fingerprint density at radius 1 is 1.15 bits per heavy atom. The molecule has 3 rings (SSSR count). The Morgan fingerprint density at radius 2 is 1.85 bits per heavy atom. The number of ketones is 1. The van der Waals surface area contributed by atoms with Gasteiger partial charge in [-0.1, -0.05) is 33.8 Å². The van der Waals surface area contributed by atoms with Gasteiger partial charge in [0, 0.05) is 18.5 Å². The molecule has 1 unspecified atom stereocenters. The van der Waals surface area contributed by atoms with Crippen LogP contribution in [0.1, 0.15) is 63.6 Å². The summed E-state index contributed by atoms with van der Waals surface area (Å²) in [6.07, 6.45) is -1.63. The first-order valence-corrected chi connectivity index (χ1v) is 11.4. The van der Waals surface area contributed by atoms with Crippen LogP contribution in [0.4, 0.5) is 17.6 Å². The molecule has 3 atom stereocenters. The zero-order chi connectivity index (χ0) is 25.2. The molecule has 0 amide bonds. The number of hydrogen-bond donors (Lipinski definition) is 1. The van der Waals surface area contributed by atoms with Gasteiger partial charge in [0.25, 0.3) is 5.88 Å². The fourth-order valence-electron chi connectivity index (χ4n) is 4.17. The molecule has 0 saturated carbocycles. The first kappa shape index (κ1) is 25.7. The molecule has 8 heteroatoms. The second kappa shape index (κ2) is 10.2. The lowest BCUT2D eigenvalue weighted by atomic mass is 9.85. The number of ether oxygens (including phenoxy) is 1. The van der Waals surface area contributed by atoms with Gasteiger partial charge in [0.05, 0.1) is 11.1 Å². The van der Waals surface area contributed by atoms with E-state index in [0.29, 0.717) is 24.2 Å². The molecule has 34 heavy (non-hydrogen) atoms. The van der Waals surface area contributed by atoms with E-state index >= 15 is 0 Å². The summed E-state index contributed by atoms with van der Waals surface area (Å²) in [4.78, 5) is 16.8. The molecule has 1 aliphatic rings. The quantitative estimate of drug-likeness (QED) is 0.461. The highest BCUT2D eigenvalue weighted by molar-refractivity contribution is 6.21. The highest BCUT2D eigenvalue weighted by Crippen LogP contribution is 2.38. The van der Waals surface area contributed by atoms with Crippen molar-refractivity contribution in [1.82, 2.24) is 4.98 Å². The summed E-state index contributed by atoms with van der Waals surface area (Å²) < 4.78 is 58.2. The van der Waals surface area contributed by atoms with E-state index in [9.17, 15) is 27.5 Å². The van der Waals surface area contributed by atoms with Gasteiger partial charge in [0.15, 0.2) is 11.6 Å². The summed E-state index contributed by atoms with van der Waals surface area (Å²) >= 11 is 0. The van der Waals surface area contributed by atoms with Crippen LogP contribution in [-0.2, 0) is 17.4 Å². The fourth-order valence-corrected chi connectivity index (χ4v) is 4.17. The minimum Gasteiger partial charge on any atom is -0.511 e.